The number of nitrogens with zero attached hydrogens (tertiary/aromatic N) is 3. The van der Waals surface area contributed by atoms with Gasteiger partial charge in [-0.25, -0.2) is 0 Å². The van der Waals surface area contributed by atoms with Crippen LogP contribution in [0.25, 0.3) is 0 Å². The van der Waals surface area contributed by atoms with Crippen LogP contribution in [0.2, 0.25) is 19.0 Å². The predicted octanol–water partition coefficient (Wildman–Crippen LogP) is 3.93. The van der Waals surface area contributed by atoms with E-state index >= 15 is 8.78 Å². The van der Waals surface area contributed by atoms with E-state index in [0.29, 0.717) is 18.5 Å². The van der Waals surface area contributed by atoms with Gasteiger partial charge in [0.15, 0.2) is 5.69 Å². The number of aromatic nitrogens is 3. The fourth-order valence-electron chi connectivity index (χ4n) is 3.30. The molecule has 1 heterocycles. The second-order valence-corrected chi connectivity index (χ2v) is 6.93. The van der Waals surface area contributed by atoms with Crippen LogP contribution in [0.4, 0.5) is 8.78 Å². The summed E-state index contributed by atoms with van der Waals surface area (Å²) in [6.45, 7) is 9.51. The topological polar surface area (TPSA) is 30.7 Å². The van der Waals surface area contributed by atoms with Gasteiger partial charge in [0.25, 0.3) is 5.92 Å². The number of alkyl halides is 2. The van der Waals surface area contributed by atoms with E-state index in [9.17, 15) is 0 Å². The molecule has 2 atom stereocenters. The summed E-state index contributed by atoms with van der Waals surface area (Å²) in [5, 5.41) is 7.41. The first-order valence-electron chi connectivity index (χ1n) is 8.18. The van der Waals surface area contributed by atoms with Gasteiger partial charge >= 0.3 is 0 Å². The number of fused-ring (bicyclic) bond motifs is 1. The van der Waals surface area contributed by atoms with Crippen molar-refractivity contribution in [2.75, 3.05) is 0 Å². The predicted molar refractivity (Wildman–Crippen MR) is 86.9 cm³/mol. The molecule has 2 radical (unpaired) electrons. The van der Waals surface area contributed by atoms with E-state index in [-0.39, 0.29) is 11.6 Å². The molecule has 0 bridgehead atoms. The number of rotatable bonds is 4. The molecule has 7 heteroatoms. The first-order chi connectivity index (χ1) is 10.3. The lowest BCUT2D eigenvalue weighted by Crippen LogP contribution is -2.38. The second-order valence-electron chi connectivity index (χ2n) is 6.93. The van der Waals surface area contributed by atoms with E-state index in [4.69, 9.17) is 0 Å². The lowest BCUT2D eigenvalue weighted by atomic mass is 9.48. The Morgan fingerprint density at radius 3 is 2.59 bits per heavy atom. The highest BCUT2D eigenvalue weighted by Crippen LogP contribution is 2.52. The van der Waals surface area contributed by atoms with Crippen molar-refractivity contribution in [3.05, 3.63) is 11.4 Å². The van der Waals surface area contributed by atoms with Gasteiger partial charge in [0, 0.05) is 11.9 Å². The van der Waals surface area contributed by atoms with Gasteiger partial charge in [-0.05, 0) is 19.3 Å². The fourth-order valence-corrected chi connectivity index (χ4v) is 3.30. The number of hydrogen-bond donors (Lipinski definition) is 0. The number of hydrogen-bond acceptors (Lipinski definition) is 2. The van der Waals surface area contributed by atoms with Crippen molar-refractivity contribution in [3.8, 4) is 0 Å². The third-order valence-electron chi connectivity index (χ3n) is 5.21. The van der Waals surface area contributed by atoms with E-state index in [1.807, 2.05) is 49.0 Å². The molecule has 0 saturated heterocycles. The van der Waals surface area contributed by atoms with Gasteiger partial charge in [-0.1, -0.05) is 51.4 Å². The van der Waals surface area contributed by atoms with Crippen molar-refractivity contribution in [2.45, 2.75) is 77.3 Å². The Balaban J connectivity index is 2.51. The average molecular weight is 307 g/mol. The summed E-state index contributed by atoms with van der Waals surface area (Å²) < 4.78 is 32.1. The average Bonchev–Trinajstić information content (AvgIpc) is 2.88. The van der Waals surface area contributed by atoms with Crippen molar-refractivity contribution in [1.29, 1.82) is 0 Å². The Bertz CT molecular complexity index is 517. The third-order valence-corrected chi connectivity index (χ3v) is 5.21. The smallest absolute Gasteiger partial charge is 0.254 e. The Kier molecular flexibility index (Phi) is 5.03. The molecule has 0 fully saturated rings. The molecule has 3 nitrogen and oxygen atoms in total. The molecule has 22 heavy (non-hydrogen) atoms. The van der Waals surface area contributed by atoms with E-state index in [0.717, 1.165) is 12.8 Å². The summed E-state index contributed by atoms with van der Waals surface area (Å²) >= 11 is 0. The van der Waals surface area contributed by atoms with E-state index in [2.05, 4.69) is 10.3 Å². The minimum Gasteiger partial charge on any atom is -0.254 e. The zero-order chi connectivity index (χ0) is 16.5. The zero-order valence-electron chi connectivity index (χ0n) is 14.2. The fraction of sp³-hybridized carbons (Fsp3) is 0.867. The molecule has 0 aliphatic heterocycles. The Morgan fingerprint density at radius 2 is 2.00 bits per heavy atom. The standard InChI is InChI=1S/C15H25B2F2N3/c1-10(16-4)22-11-8-6-7-9-12(14(2,3)17-5)15(18,19)13(11)20-21-22/h10,12H,6-9H2,1-5H3. The van der Waals surface area contributed by atoms with Gasteiger partial charge in [0.05, 0.1) is 5.69 Å². The molecule has 0 saturated carbocycles. The first-order valence-corrected chi connectivity index (χ1v) is 8.18. The van der Waals surface area contributed by atoms with Crippen LogP contribution in [-0.2, 0) is 12.3 Å². The highest BCUT2D eigenvalue weighted by Gasteiger charge is 2.52. The maximum atomic E-state index is 15.2. The van der Waals surface area contributed by atoms with Crippen LogP contribution < -0.4 is 0 Å². The quantitative estimate of drug-likeness (QED) is 0.789. The van der Waals surface area contributed by atoms with Crippen LogP contribution in [-0.4, -0.2) is 29.6 Å². The highest BCUT2D eigenvalue weighted by molar-refractivity contribution is 6.38. The molecular formula is C15H25B2F2N3. The highest BCUT2D eigenvalue weighted by atomic mass is 19.3. The molecule has 120 valence electrons. The summed E-state index contributed by atoms with van der Waals surface area (Å²) in [4.78, 5) is 0. The van der Waals surface area contributed by atoms with Crippen molar-refractivity contribution in [1.82, 2.24) is 15.0 Å². The summed E-state index contributed by atoms with van der Waals surface area (Å²) in [7, 11) is 3.84. The van der Waals surface area contributed by atoms with Gasteiger partial charge in [0.2, 0.25) is 0 Å². The van der Waals surface area contributed by atoms with E-state index in [1.165, 1.54) is 0 Å². The summed E-state index contributed by atoms with van der Waals surface area (Å²) in [6.07, 6.45) is 2.86. The Morgan fingerprint density at radius 1 is 1.32 bits per heavy atom. The van der Waals surface area contributed by atoms with E-state index in [1.54, 1.807) is 4.68 Å². The van der Waals surface area contributed by atoms with Crippen LogP contribution in [0.1, 0.15) is 57.4 Å². The van der Waals surface area contributed by atoms with Crippen LogP contribution in [0.15, 0.2) is 0 Å². The van der Waals surface area contributed by atoms with Crippen LogP contribution in [0.3, 0.4) is 0 Å². The molecule has 1 aromatic heterocycles. The summed E-state index contributed by atoms with van der Waals surface area (Å²) in [6, 6.07) is 0. The van der Waals surface area contributed by atoms with Crippen molar-refractivity contribution < 1.29 is 8.78 Å². The number of halogens is 2. The van der Waals surface area contributed by atoms with Gasteiger partial charge in [0.1, 0.15) is 14.6 Å². The minimum atomic E-state index is -2.95. The first kappa shape index (κ1) is 17.5. The Labute approximate surface area is 133 Å². The molecular weight excluding hydrogens is 282 g/mol. The molecule has 0 amide bonds. The van der Waals surface area contributed by atoms with Crippen molar-refractivity contribution >= 4 is 14.6 Å². The summed E-state index contributed by atoms with van der Waals surface area (Å²) in [5.74, 6) is -3.71. The van der Waals surface area contributed by atoms with E-state index < -0.39 is 17.2 Å². The van der Waals surface area contributed by atoms with Gasteiger partial charge in [-0.3, -0.25) is 4.68 Å². The third kappa shape index (κ3) is 2.95. The Hall–Kier alpha value is -0.870. The lowest BCUT2D eigenvalue weighted by molar-refractivity contribution is -0.0887. The molecule has 0 spiro atoms. The lowest BCUT2D eigenvalue weighted by Gasteiger charge is -2.39. The maximum absolute atomic E-state index is 15.2. The minimum absolute atomic E-state index is 0.0179. The molecule has 0 N–H and O–H groups in total. The van der Waals surface area contributed by atoms with Crippen LogP contribution in [0.5, 0.6) is 0 Å². The molecule has 1 aliphatic carbocycles. The monoisotopic (exact) mass is 307 g/mol. The molecule has 1 aliphatic rings. The zero-order valence-corrected chi connectivity index (χ0v) is 14.2. The van der Waals surface area contributed by atoms with Crippen molar-refractivity contribution in [3.63, 3.8) is 0 Å². The SMILES string of the molecule is C[B]C(C)n1nnc2c1CCCCC(C(C)(C)[B]C)C2(F)F. The van der Waals surface area contributed by atoms with Gasteiger partial charge in [-0.2, -0.15) is 8.78 Å². The second kappa shape index (κ2) is 6.32. The van der Waals surface area contributed by atoms with Crippen LogP contribution >= 0.6 is 0 Å². The van der Waals surface area contributed by atoms with Crippen LogP contribution in [0, 0.1) is 5.92 Å². The van der Waals surface area contributed by atoms with Crippen molar-refractivity contribution in [2.24, 2.45) is 5.92 Å². The molecule has 2 unspecified atom stereocenters. The molecule has 2 rings (SSSR count). The molecule has 0 aromatic carbocycles. The maximum Gasteiger partial charge on any atom is 0.295 e. The normalized spacial score (nSPS) is 23.1. The summed E-state index contributed by atoms with van der Waals surface area (Å²) in [5.41, 5.74) is 0.494. The molecule has 1 aromatic rings. The van der Waals surface area contributed by atoms with Gasteiger partial charge in [-0.15, -0.1) is 5.10 Å². The largest absolute Gasteiger partial charge is 0.295 e. The van der Waals surface area contributed by atoms with Gasteiger partial charge < -0.3 is 0 Å².